The zero-order valence-corrected chi connectivity index (χ0v) is 14.1. The van der Waals surface area contributed by atoms with Gasteiger partial charge < -0.3 is 14.7 Å². The zero-order chi connectivity index (χ0) is 19.4. The van der Waals surface area contributed by atoms with Crippen LogP contribution in [0.3, 0.4) is 0 Å². The lowest BCUT2D eigenvalue weighted by atomic mass is 10.1. The van der Waals surface area contributed by atoms with Crippen LogP contribution < -0.4 is 4.74 Å². The fraction of sp³-hybridized carbons (Fsp3) is 0.294. The summed E-state index contributed by atoms with van der Waals surface area (Å²) in [5.74, 6) is -0.973. The molecule has 1 amide bonds. The molecular formula is C17H16N4O6. The third-order valence-corrected chi connectivity index (χ3v) is 4.17. The van der Waals surface area contributed by atoms with E-state index in [9.17, 15) is 19.7 Å². The quantitative estimate of drug-likeness (QED) is 0.619. The first kappa shape index (κ1) is 18.2. The highest BCUT2D eigenvalue weighted by atomic mass is 16.6. The minimum atomic E-state index is -1.20. The van der Waals surface area contributed by atoms with Crippen LogP contribution >= 0.6 is 0 Å². The van der Waals surface area contributed by atoms with E-state index in [1.54, 1.807) is 17.0 Å². The molecule has 1 aliphatic rings. The number of hydrogen-bond acceptors (Lipinski definition) is 7. The van der Waals surface area contributed by atoms with Crippen LogP contribution in [0.4, 0.5) is 5.69 Å². The Hall–Kier alpha value is -3.56. The van der Waals surface area contributed by atoms with Crippen LogP contribution in [0.25, 0.3) is 0 Å². The number of likely N-dealkylation sites (tertiary alicyclic amines) is 1. The number of benzene rings is 1. The topological polar surface area (TPSA) is 136 Å². The third-order valence-electron chi connectivity index (χ3n) is 4.17. The molecule has 0 atom stereocenters. The van der Waals surface area contributed by atoms with Crippen molar-refractivity contribution >= 4 is 17.6 Å². The lowest BCUT2D eigenvalue weighted by molar-refractivity contribution is -0.384. The SMILES string of the molecule is O=C(O)c1cnc(C(=O)N2CCC(Oc3ccc([N+](=O)[O-])cc3)CC2)cn1. The number of rotatable bonds is 5. The van der Waals surface area contributed by atoms with Crippen molar-refractivity contribution in [2.24, 2.45) is 0 Å². The predicted molar refractivity (Wildman–Crippen MR) is 91.6 cm³/mol. The maximum atomic E-state index is 12.4. The lowest BCUT2D eigenvalue weighted by Crippen LogP contribution is -2.42. The molecule has 0 aliphatic carbocycles. The summed E-state index contributed by atoms with van der Waals surface area (Å²) in [5, 5.41) is 19.5. The number of carbonyl (C=O) groups excluding carboxylic acids is 1. The zero-order valence-electron chi connectivity index (χ0n) is 14.1. The summed E-state index contributed by atoms with van der Waals surface area (Å²) >= 11 is 0. The number of carboxylic acid groups (broad SMARTS) is 1. The maximum Gasteiger partial charge on any atom is 0.356 e. The van der Waals surface area contributed by atoms with Crippen LogP contribution in [-0.2, 0) is 0 Å². The Morgan fingerprint density at radius 1 is 1.11 bits per heavy atom. The molecule has 1 fully saturated rings. The van der Waals surface area contributed by atoms with E-state index in [1.807, 2.05) is 0 Å². The summed E-state index contributed by atoms with van der Waals surface area (Å²) in [6, 6.07) is 5.87. The summed E-state index contributed by atoms with van der Waals surface area (Å²) in [6.45, 7) is 0.914. The van der Waals surface area contributed by atoms with E-state index >= 15 is 0 Å². The fourth-order valence-corrected chi connectivity index (χ4v) is 2.73. The van der Waals surface area contributed by atoms with Crippen molar-refractivity contribution in [2.45, 2.75) is 18.9 Å². The van der Waals surface area contributed by atoms with Gasteiger partial charge in [0.25, 0.3) is 11.6 Å². The van der Waals surface area contributed by atoms with Gasteiger partial charge in [0, 0.05) is 38.1 Å². The highest BCUT2D eigenvalue weighted by Crippen LogP contribution is 2.22. The Kier molecular flexibility index (Phi) is 5.25. The average Bonchev–Trinajstić information content (AvgIpc) is 2.68. The summed E-state index contributed by atoms with van der Waals surface area (Å²) < 4.78 is 5.81. The number of amides is 1. The Morgan fingerprint density at radius 2 is 1.70 bits per heavy atom. The van der Waals surface area contributed by atoms with Crippen molar-refractivity contribution in [2.75, 3.05) is 13.1 Å². The van der Waals surface area contributed by atoms with Crippen molar-refractivity contribution in [3.8, 4) is 5.75 Å². The molecule has 2 aromatic rings. The van der Waals surface area contributed by atoms with Gasteiger partial charge >= 0.3 is 5.97 Å². The Morgan fingerprint density at radius 3 is 2.22 bits per heavy atom. The Bertz CT molecular complexity index is 845. The monoisotopic (exact) mass is 372 g/mol. The molecule has 0 unspecified atom stereocenters. The number of carboxylic acids is 1. The highest BCUT2D eigenvalue weighted by Gasteiger charge is 2.26. The fourth-order valence-electron chi connectivity index (χ4n) is 2.73. The molecule has 1 aromatic heterocycles. The van der Waals surface area contributed by atoms with Crippen molar-refractivity contribution < 1.29 is 24.4 Å². The molecule has 10 nitrogen and oxygen atoms in total. The predicted octanol–water partition coefficient (Wildman–Crippen LogP) is 1.77. The smallest absolute Gasteiger partial charge is 0.356 e. The van der Waals surface area contributed by atoms with Crippen molar-refractivity contribution in [1.82, 2.24) is 14.9 Å². The van der Waals surface area contributed by atoms with Crippen molar-refractivity contribution in [3.63, 3.8) is 0 Å². The molecule has 1 aliphatic heterocycles. The normalized spacial score (nSPS) is 14.6. The summed E-state index contributed by atoms with van der Waals surface area (Å²) in [7, 11) is 0. The summed E-state index contributed by atoms with van der Waals surface area (Å²) in [5.41, 5.74) is -0.130. The van der Waals surface area contributed by atoms with E-state index in [2.05, 4.69) is 9.97 Å². The summed E-state index contributed by atoms with van der Waals surface area (Å²) in [6.07, 6.45) is 3.31. The molecule has 27 heavy (non-hydrogen) atoms. The van der Waals surface area contributed by atoms with Crippen LogP contribution in [0.5, 0.6) is 5.75 Å². The molecule has 0 radical (unpaired) electrons. The van der Waals surface area contributed by atoms with Crippen LogP contribution in [0.1, 0.15) is 33.8 Å². The van der Waals surface area contributed by atoms with Gasteiger partial charge in [0.1, 0.15) is 17.5 Å². The number of hydrogen-bond donors (Lipinski definition) is 1. The number of nitro benzene ring substituents is 1. The molecule has 1 N–H and O–H groups in total. The van der Waals surface area contributed by atoms with Crippen LogP contribution in [0, 0.1) is 10.1 Å². The Labute approximate surface area is 153 Å². The molecule has 1 aromatic carbocycles. The molecule has 0 bridgehead atoms. The minimum Gasteiger partial charge on any atom is -0.490 e. The van der Waals surface area contributed by atoms with Crippen molar-refractivity contribution in [1.29, 1.82) is 0 Å². The second kappa shape index (κ2) is 7.77. The van der Waals surface area contributed by atoms with Gasteiger partial charge in [0.2, 0.25) is 0 Å². The first-order valence-electron chi connectivity index (χ1n) is 8.20. The van der Waals surface area contributed by atoms with Crippen LogP contribution in [-0.4, -0.2) is 56.0 Å². The molecule has 2 heterocycles. The van der Waals surface area contributed by atoms with E-state index in [4.69, 9.17) is 9.84 Å². The number of aromatic nitrogens is 2. The molecule has 0 spiro atoms. The van der Waals surface area contributed by atoms with Gasteiger partial charge in [-0.15, -0.1) is 0 Å². The van der Waals surface area contributed by atoms with Crippen LogP contribution in [0.2, 0.25) is 0 Å². The Balaban J connectivity index is 1.54. The molecule has 1 saturated heterocycles. The van der Waals surface area contributed by atoms with Gasteiger partial charge in [0.15, 0.2) is 5.69 Å². The molecule has 140 valence electrons. The van der Waals surface area contributed by atoms with Gasteiger partial charge in [-0.1, -0.05) is 0 Å². The third kappa shape index (κ3) is 4.35. The second-order valence-corrected chi connectivity index (χ2v) is 5.95. The maximum absolute atomic E-state index is 12.4. The van der Waals surface area contributed by atoms with Gasteiger partial charge in [-0.2, -0.15) is 0 Å². The summed E-state index contributed by atoms with van der Waals surface area (Å²) in [4.78, 5) is 42.6. The largest absolute Gasteiger partial charge is 0.490 e. The molecular weight excluding hydrogens is 356 g/mol. The highest BCUT2D eigenvalue weighted by molar-refractivity contribution is 5.92. The molecule has 3 rings (SSSR count). The number of nitrogens with zero attached hydrogens (tertiary/aromatic N) is 4. The molecule has 0 saturated carbocycles. The number of piperidine rings is 1. The van der Waals surface area contributed by atoms with E-state index in [-0.39, 0.29) is 29.1 Å². The van der Waals surface area contributed by atoms with E-state index in [1.165, 1.54) is 12.1 Å². The van der Waals surface area contributed by atoms with Gasteiger partial charge in [0.05, 0.1) is 17.3 Å². The number of ether oxygens (including phenoxy) is 1. The molecule has 10 heteroatoms. The van der Waals surface area contributed by atoms with Crippen LogP contribution in [0.15, 0.2) is 36.7 Å². The first-order valence-corrected chi connectivity index (χ1v) is 8.20. The van der Waals surface area contributed by atoms with E-state index in [0.29, 0.717) is 31.7 Å². The standard InChI is InChI=1S/C17H16N4O6/c22-16(14-9-19-15(10-18-14)17(23)24)20-7-5-13(6-8-20)27-12-3-1-11(2-4-12)21(25)26/h1-4,9-10,13H,5-8H2,(H,23,24). The average molecular weight is 372 g/mol. The number of non-ortho nitro benzene ring substituents is 1. The van der Waals surface area contributed by atoms with Crippen molar-refractivity contribution in [3.05, 3.63) is 58.2 Å². The van der Waals surface area contributed by atoms with E-state index < -0.39 is 10.9 Å². The minimum absolute atomic E-state index is 0.00204. The lowest BCUT2D eigenvalue weighted by Gasteiger charge is -2.31. The number of nitro groups is 1. The van der Waals surface area contributed by atoms with Gasteiger partial charge in [-0.3, -0.25) is 14.9 Å². The van der Waals surface area contributed by atoms with Gasteiger partial charge in [-0.25, -0.2) is 14.8 Å². The van der Waals surface area contributed by atoms with Gasteiger partial charge in [-0.05, 0) is 12.1 Å². The number of carbonyl (C=O) groups is 2. The second-order valence-electron chi connectivity index (χ2n) is 5.95. The first-order chi connectivity index (χ1) is 12.9. The number of aromatic carboxylic acids is 1. The van der Waals surface area contributed by atoms with E-state index in [0.717, 1.165) is 12.4 Å².